The average molecular weight is 186 g/mol. The summed E-state index contributed by atoms with van der Waals surface area (Å²) in [6.07, 6.45) is 3.28. The molecule has 0 aliphatic carbocycles. The number of nitrogens with zero attached hydrogens (tertiary/aromatic N) is 4. The van der Waals surface area contributed by atoms with Gasteiger partial charge in [0.2, 0.25) is 0 Å². The van der Waals surface area contributed by atoms with Crippen LogP contribution in [0.25, 0.3) is 11.4 Å². The van der Waals surface area contributed by atoms with Crippen LogP contribution in [0.5, 0.6) is 0 Å². The van der Waals surface area contributed by atoms with Gasteiger partial charge in [-0.05, 0) is 26.0 Å². The Morgan fingerprint density at radius 1 is 1.07 bits per heavy atom. The Balaban J connectivity index is 2.49. The summed E-state index contributed by atoms with van der Waals surface area (Å²) in [7, 11) is 0. The third-order valence-corrected chi connectivity index (χ3v) is 1.85. The summed E-state index contributed by atoms with van der Waals surface area (Å²) in [4.78, 5) is 16.4. The molecule has 2 rings (SSSR count). The van der Waals surface area contributed by atoms with Gasteiger partial charge in [0.15, 0.2) is 5.82 Å². The van der Waals surface area contributed by atoms with Gasteiger partial charge in [-0.3, -0.25) is 4.98 Å². The first-order chi connectivity index (χ1) is 6.75. The van der Waals surface area contributed by atoms with E-state index in [0.29, 0.717) is 5.82 Å². The Morgan fingerprint density at radius 2 is 1.93 bits per heavy atom. The molecule has 0 saturated heterocycles. The van der Waals surface area contributed by atoms with Gasteiger partial charge < -0.3 is 0 Å². The minimum atomic E-state index is 0.697. The van der Waals surface area contributed by atoms with Gasteiger partial charge in [0, 0.05) is 17.5 Å². The number of aromatic nitrogens is 4. The molecular weight excluding hydrogens is 176 g/mol. The van der Waals surface area contributed by atoms with Gasteiger partial charge in [0.05, 0.1) is 0 Å². The highest BCUT2D eigenvalue weighted by Gasteiger charge is 2.01. The molecule has 0 atom stereocenters. The quantitative estimate of drug-likeness (QED) is 0.678. The number of hydrogen-bond donors (Lipinski definition) is 0. The smallest absolute Gasteiger partial charge is 0.163 e. The maximum atomic E-state index is 4.23. The fraction of sp³-hybridized carbons (Fsp3) is 0.200. The van der Waals surface area contributed by atoms with Gasteiger partial charge in [0.25, 0.3) is 0 Å². The Bertz CT molecular complexity index is 410. The lowest BCUT2D eigenvalue weighted by Crippen LogP contribution is -1.94. The first-order valence-corrected chi connectivity index (χ1v) is 4.34. The fourth-order valence-corrected chi connectivity index (χ4v) is 1.20. The van der Waals surface area contributed by atoms with Crippen molar-refractivity contribution in [2.24, 2.45) is 0 Å². The third-order valence-electron chi connectivity index (χ3n) is 1.85. The zero-order valence-corrected chi connectivity index (χ0v) is 8.10. The average Bonchev–Trinajstić information content (AvgIpc) is 2.18. The molecule has 0 fully saturated rings. The van der Waals surface area contributed by atoms with Crippen molar-refractivity contribution in [3.63, 3.8) is 0 Å². The van der Waals surface area contributed by atoms with Crippen molar-refractivity contribution >= 4 is 0 Å². The van der Waals surface area contributed by atoms with E-state index in [1.807, 2.05) is 26.0 Å². The maximum absolute atomic E-state index is 4.23. The summed E-state index contributed by atoms with van der Waals surface area (Å²) in [6.45, 7) is 3.79. The van der Waals surface area contributed by atoms with Crippen LogP contribution in [0.4, 0.5) is 0 Å². The van der Waals surface area contributed by atoms with E-state index in [1.165, 1.54) is 6.33 Å². The fourth-order valence-electron chi connectivity index (χ4n) is 1.20. The zero-order valence-electron chi connectivity index (χ0n) is 8.10. The number of rotatable bonds is 1. The molecule has 0 aliphatic rings. The molecule has 0 amide bonds. The highest BCUT2D eigenvalue weighted by Crippen LogP contribution is 2.13. The molecule has 4 nitrogen and oxygen atoms in total. The molecular formula is C10H10N4. The van der Waals surface area contributed by atoms with Gasteiger partial charge in [-0.2, -0.15) is 0 Å². The highest BCUT2D eigenvalue weighted by atomic mass is 15.0. The number of aryl methyl sites for hydroxylation is 2. The van der Waals surface area contributed by atoms with Crippen LogP contribution in [-0.2, 0) is 0 Å². The lowest BCUT2D eigenvalue weighted by atomic mass is 10.2. The predicted molar refractivity (Wildman–Crippen MR) is 52.5 cm³/mol. The Kier molecular flexibility index (Phi) is 2.18. The second kappa shape index (κ2) is 3.49. The van der Waals surface area contributed by atoms with Crippen molar-refractivity contribution in [3.8, 4) is 11.4 Å². The maximum Gasteiger partial charge on any atom is 0.163 e. The van der Waals surface area contributed by atoms with E-state index in [-0.39, 0.29) is 0 Å². The van der Waals surface area contributed by atoms with Crippen molar-refractivity contribution in [2.45, 2.75) is 13.8 Å². The van der Waals surface area contributed by atoms with E-state index in [0.717, 1.165) is 17.1 Å². The van der Waals surface area contributed by atoms with Crippen LogP contribution in [0.1, 0.15) is 11.5 Å². The Morgan fingerprint density at radius 3 is 2.64 bits per heavy atom. The van der Waals surface area contributed by atoms with E-state index >= 15 is 0 Å². The van der Waals surface area contributed by atoms with E-state index in [4.69, 9.17) is 0 Å². The molecule has 0 radical (unpaired) electrons. The van der Waals surface area contributed by atoms with E-state index in [1.54, 1.807) is 6.20 Å². The monoisotopic (exact) mass is 186 g/mol. The molecule has 0 bridgehead atoms. The summed E-state index contributed by atoms with van der Waals surface area (Å²) in [6, 6.07) is 3.84. The van der Waals surface area contributed by atoms with Gasteiger partial charge in [-0.25, -0.2) is 15.0 Å². The van der Waals surface area contributed by atoms with Crippen LogP contribution < -0.4 is 0 Å². The second-order valence-electron chi connectivity index (χ2n) is 3.04. The topological polar surface area (TPSA) is 51.6 Å². The van der Waals surface area contributed by atoms with Crippen molar-refractivity contribution in [2.75, 3.05) is 0 Å². The predicted octanol–water partition coefficient (Wildman–Crippen LogP) is 1.55. The molecule has 2 heterocycles. The molecule has 2 aromatic rings. The minimum absolute atomic E-state index is 0.697. The van der Waals surface area contributed by atoms with Gasteiger partial charge in [-0.1, -0.05) is 0 Å². The first-order valence-electron chi connectivity index (χ1n) is 4.34. The van der Waals surface area contributed by atoms with Crippen LogP contribution in [0, 0.1) is 13.8 Å². The van der Waals surface area contributed by atoms with Crippen molar-refractivity contribution in [1.82, 2.24) is 19.9 Å². The summed E-state index contributed by atoms with van der Waals surface area (Å²) in [5.41, 5.74) is 1.93. The molecule has 14 heavy (non-hydrogen) atoms. The molecule has 2 aromatic heterocycles. The van der Waals surface area contributed by atoms with Crippen LogP contribution in [0.15, 0.2) is 24.7 Å². The normalized spacial score (nSPS) is 10.1. The van der Waals surface area contributed by atoms with E-state index in [9.17, 15) is 0 Å². The molecule has 0 aromatic carbocycles. The third kappa shape index (κ3) is 1.74. The highest BCUT2D eigenvalue weighted by molar-refractivity contribution is 5.54. The van der Waals surface area contributed by atoms with Crippen LogP contribution in [-0.4, -0.2) is 19.9 Å². The molecule has 70 valence electrons. The molecule has 4 heteroatoms. The number of pyridine rings is 1. The lowest BCUT2D eigenvalue weighted by Gasteiger charge is -2.00. The number of hydrogen-bond acceptors (Lipinski definition) is 4. The lowest BCUT2D eigenvalue weighted by molar-refractivity contribution is 0.981. The Labute approximate surface area is 82.1 Å². The summed E-state index contributed by atoms with van der Waals surface area (Å²) >= 11 is 0. The van der Waals surface area contributed by atoms with E-state index in [2.05, 4.69) is 19.9 Å². The van der Waals surface area contributed by atoms with Crippen LogP contribution >= 0.6 is 0 Å². The zero-order chi connectivity index (χ0) is 9.97. The first kappa shape index (κ1) is 8.74. The summed E-state index contributed by atoms with van der Waals surface area (Å²) in [5.74, 6) is 1.42. The minimum Gasteiger partial charge on any atom is -0.262 e. The molecule has 0 spiro atoms. The van der Waals surface area contributed by atoms with Gasteiger partial charge in [-0.15, -0.1) is 0 Å². The molecule has 0 unspecified atom stereocenters. The second-order valence-corrected chi connectivity index (χ2v) is 3.04. The standard InChI is InChI=1S/C10H10N4/c1-7-5-9(3-4-11-7)10-13-6-12-8(2)14-10/h3-6H,1-2H3. The molecule has 0 N–H and O–H groups in total. The van der Waals surface area contributed by atoms with Crippen molar-refractivity contribution < 1.29 is 0 Å². The SMILES string of the molecule is Cc1cc(-c2ncnc(C)n2)ccn1. The van der Waals surface area contributed by atoms with Crippen LogP contribution in [0.3, 0.4) is 0 Å². The van der Waals surface area contributed by atoms with Crippen molar-refractivity contribution in [1.29, 1.82) is 0 Å². The van der Waals surface area contributed by atoms with Gasteiger partial charge >= 0.3 is 0 Å². The van der Waals surface area contributed by atoms with E-state index < -0.39 is 0 Å². The van der Waals surface area contributed by atoms with Gasteiger partial charge in [0.1, 0.15) is 12.2 Å². The molecule has 0 aliphatic heterocycles. The van der Waals surface area contributed by atoms with Crippen molar-refractivity contribution in [3.05, 3.63) is 36.2 Å². The Hall–Kier alpha value is -1.84. The van der Waals surface area contributed by atoms with Crippen LogP contribution in [0.2, 0.25) is 0 Å². The summed E-state index contributed by atoms with van der Waals surface area (Å²) < 4.78 is 0. The largest absolute Gasteiger partial charge is 0.262 e. The summed E-state index contributed by atoms with van der Waals surface area (Å²) in [5, 5.41) is 0. The molecule has 0 saturated carbocycles.